The second kappa shape index (κ2) is 4.87. The maximum Gasteiger partial charge on any atom is 0.0991 e. The van der Waals surface area contributed by atoms with Gasteiger partial charge in [0.05, 0.1) is 24.3 Å². The lowest BCUT2D eigenvalue weighted by molar-refractivity contribution is 0.187. The van der Waals surface area contributed by atoms with Gasteiger partial charge < -0.3 is 5.11 Å². The van der Waals surface area contributed by atoms with Crippen LogP contribution in [0.3, 0.4) is 0 Å². The maximum absolute atomic E-state index is 9.50. The smallest absolute Gasteiger partial charge is 0.0991 e. The molecule has 1 rings (SSSR count). The molecule has 0 heterocycles. The molecule has 0 amide bonds. The van der Waals surface area contributed by atoms with Crippen molar-refractivity contribution in [3.63, 3.8) is 0 Å². The second-order valence-corrected chi connectivity index (χ2v) is 2.67. The number of hydrogen-bond acceptors (Lipinski definition) is 3. The van der Waals surface area contributed by atoms with Gasteiger partial charge in [-0.1, -0.05) is 17.2 Å². The fraction of sp³-hybridized carbons (Fsp3) is 0.222. The van der Waals surface area contributed by atoms with E-state index in [1.54, 1.807) is 24.3 Å². The van der Waals surface area contributed by atoms with Crippen LogP contribution in [-0.4, -0.2) is 11.7 Å². The number of benzene rings is 1. The van der Waals surface area contributed by atoms with Crippen LogP contribution in [0.1, 0.15) is 17.2 Å². The molecule has 0 spiro atoms. The molecule has 5 nitrogen and oxygen atoms in total. The lowest BCUT2D eigenvalue weighted by Crippen LogP contribution is -2.00. The number of nitrogens with zero attached hydrogens (tertiary/aromatic N) is 4. The van der Waals surface area contributed by atoms with Gasteiger partial charge >= 0.3 is 0 Å². The molecule has 0 aromatic heterocycles. The van der Waals surface area contributed by atoms with Gasteiger partial charge in [-0.2, -0.15) is 5.26 Å². The van der Waals surface area contributed by atoms with Crippen LogP contribution in [0.2, 0.25) is 0 Å². The van der Waals surface area contributed by atoms with Crippen LogP contribution >= 0.6 is 0 Å². The van der Waals surface area contributed by atoms with Gasteiger partial charge in [0, 0.05) is 4.91 Å². The Hall–Kier alpha value is -2.02. The number of rotatable bonds is 3. The minimum absolute atomic E-state index is 0.0224. The number of hydrogen-bond donors (Lipinski definition) is 1. The highest BCUT2D eigenvalue weighted by Gasteiger charge is 2.05. The molecular weight excluding hydrogens is 180 g/mol. The van der Waals surface area contributed by atoms with Crippen molar-refractivity contribution in [3.05, 3.63) is 45.8 Å². The summed E-state index contributed by atoms with van der Waals surface area (Å²) in [6, 6.07) is 8.53. The van der Waals surface area contributed by atoms with Crippen molar-refractivity contribution in [2.75, 3.05) is 6.54 Å². The van der Waals surface area contributed by atoms with Crippen LogP contribution in [0.15, 0.2) is 29.4 Å². The van der Waals surface area contributed by atoms with Gasteiger partial charge in [-0.3, -0.25) is 0 Å². The molecule has 1 aromatic rings. The van der Waals surface area contributed by atoms with Gasteiger partial charge in [-0.05, 0) is 23.2 Å². The zero-order valence-electron chi connectivity index (χ0n) is 7.33. The van der Waals surface area contributed by atoms with Gasteiger partial charge in [0.2, 0.25) is 0 Å². The molecule has 1 aromatic carbocycles. The Labute approximate surface area is 80.8 Å². The van der Waals surface area contributed by atoms with Crippen molar-refractivity contribution in [3.8, 4) is 6.07 Å². The number of aliphatic hydroxyl groups is 1. The van der Waals surface area contributed by atoms with E-state index in [1.807, 2.05) is 6.07 Å². The molecule has 1 N–H and O–H groups in total. The van der Waals surface area contributed by atoms with Crippen LogP contribution in [0.25, 0.3) is 10.4 Å². The first-order valence-corrected chi connectivity index (χ1v) is 3.97. The van der Waals surface area contributed by atoms with E-state index in [2.05, 4.69) is 10.0 Å². The van der Waals surface area contributed by atoms with Crippen molar-refractivity contribution < 1.29 is 5.11 Å². The first-order valence-electron chi connectivity index (χ1n) is 3.97. The van der Waals surface area contributed by atoms with E-state index >= 15 is 0 Å². The van der Waals surface area contributed by atoms with Crippen LogP contribution in [-0.2, 0) is 0 Å². The Balaban J connectivity index is 2.85. The molecule has 0 radical (unpaired) electrons. The first-order chi connectivity index (χ1) is 6.77. The van der Waals surface area contributed by atoms with Gasteiger partial charge in [-0.15, -0.1) is 0 Å². The molecular formula is C9H8N4O. The summed E-state index contributed by atoms with van der Waals surface area (Å²) in [6.07, 6.45) is -0.848. The summed E-state index contributed by atoms with van der Waals surface area (Å²) in [7, 11) is 0. The fourth-order valence-corrected chi connectivity index (χ4v) is 1.03. The normalized spacial score (nSPS) is 11.1. The Morgan fingerprint density at radius 1 is 1.64 bits per heavy atom. The number of aliphatic hydroxyl groups excluding tert-OH is 1. The van der Waals surface area contributed by atoms with Crippen LogP contribution in [0.5, 0.6) is 0 Å². The third kappa shape index (κ3) is 2.49. The maximum atomic E-state index is 9.50. The molecule has 0 aliphatic carbocycles. The summed E-state index contributed by atoms with van der Waals surface area (Å²) < 4.78 is 0. The van der Waals surface area contributed by atoms with E-state index in [4.69, 9.17) is 10.8 Å². The lowest BCUT2D eigenvalue weighted by atomic mass is 10.1. The number of nitriles is 1. The Morgan fingerprint density at radius 2 is 2.43 bits per heavy atom. The van der Waals surface area contributed by atoms with Crippen LogP contribution in [0, 0.1) is 11.3 Å². The summed E-state index contributed by atoms with van der Waals surface area (Å²) in [5.41, 5.74) is 9.11. The third-order valence-electron chi connectivity index (χ3n) is 1.72. The van der Waals surface area contributed by atoms with E-state index in [1.165, 1.54) is 0 Å². The fourth-order valence-electron chi connectivity index (χ4n) is 1.03. The molecule has 0 saturated carbocycles. The molecule has 0 aliphatic rings. The average Bonchev–Trinajstić information content (AvgIpc) is 2.26. The van der Waals surface area contributed by atoms with Crippen molar-refractivity contribution in [2.45, 2.75) is 6.10 Å². The SMILES string of the molecule is N#Cc1cccc([C@@H](O)CN=[N+]=[N-])c1. The van der Waals surface area contributed by atoms with Gasteiger partial charge in [0.25, 0.3) is 0 Å². The summed E-state index contributed by atoms with van der Waals surface area (Å²) in [4.78, 5) is 2.54. The Kier molecular flexibility index (Phi) is 3.50. The first kappa shape index (κ1) is 10.1. The van der Waals surface area contributed by atoms with E-state index in [9.17, 15) is 5.11 Å². The largest absolute Gasteiger partial charge is 0.388 e. The third-order valence-corrected chi connectivity index (χ3v) is 1.72. The zero-order chi connectivity index (χ0) is 10.4. The molecule has 14 heavy (non-hydrogen) atoms. The Bertz CT molecular complexity index is 404. The van der Waals surface area contributed by atoms with Crippen molar-refractivity contribution in [2.24, 2.45) is 5.11 Å². The molecule has 0 bridgehead atoms. The molecule has 0 unspecified atom stereocenters. The molecule has 0 saturated heterocycles. The predicted octanol–water partition coefficient (Wildman–Crippen LogP) is 1.90. The molecule has 70 valence electrons. The summed E-state index contributed by atoms with van der Waals surface area (Å²) in [6.45, 7) is -0.0224. The summed E-state index contributed by atoms with van der Waals surface area (Å²) >= 11 is 0. The highest BCUT2D eigenvalue weighted by molar-refractivity contribution is 5.33. The lowest BCUT2D eigenvalue weighted by Gasteiger charge is -2.06. The monoisotopic (exact) mass is 188 g/mol. The van der Waals surface area contributed by atoms with Gasteiger partial charge in [-0.25, -0.2) is 0 Å². The number of azide groups is 1. The summed E-state index contributed by atoms with van der Waals surface area (Å²) in [5, 5.41) is 21.4. The second-order valence-electron chi connectivity index (χ2n) is 2.67. The average molecular weight is 188 g/mol. The van der Waals surface area contributed by atoms with Crippen molar-refractivity contribution >= 4 is 0 Å². The topological polar surface area (TPSA) is 92.8 Å². The molecule has 0 aliphatic heterocycles. The standard InChI is InChI=1S/C9H8N4O/c10-5-7-2-1-3-8(4-7)9(14)6-12-13-11/h1-4,9,14H,6H2/t9-/m0/s1. The van der Waals surface area contributed by atoms with Crippen LogP contribution in [0.4, 0.5) is 0 Å². The Morgan fingerprint density at radius 3 is 3.07 bits per heavy atom. The van der Waals surface area contributed by atoms with Crippen molar-refractivity contribution in [1.29, 1.82) is 5.26 Å². The van der Waals surface area contributed by atoms with Crippen LogP contribution < -0.4 is 0 Å². The highest BCUT2D eigenvalue weighted by Crippen LogP contribution is 2.14. The minimum atomic E-state index is -0.848. The van der Waals surface area contributed by atoms with E-state index in [-0.39, 0.29) is 6.54 Å². The minimum Gasteiger partial charge on any atom is -0.388 e. The molecule has 5 heteroatoms. The summed E-state index contributed by atoms with van der Waals surface area (Å²) in [5.74, 6) is 0. The zero-order valence-corrected chi connectivity index (χ0v) is 7.33. The predicted molar refractivity (Wildman–Crippen MR) is 50.1 cm³/mol. The highest BCUT2D eigenvalue weighted by atomic mass is 16.3. The molecule has 1 atom stereocenters. The van der Waals surface area contributed by atoms with Gasteiger partial charge in [0.15, 0.2) is 0 Å². The quantitative estimate of drug-likeness (QED) is 0.445. The van der Waals surface area contributed by atoms with E-state index in [0.29, 0.717) is 11.1 Å². The van der Waals surface area contributed by atoms with E-state index < -0.39 is 6.10 Å². The van der Waals surface area contributed by atoms with Crippen molar-refractivity contribution in [1.82, 2.24) is 0 Å². The molecule has 0 fully saturated rings. The van der Waals surface area contributed by atoms with E-state index in [0.717, 1.165) is 0 Å². The van der Waals surface area contributed by atoms with Gasteiger partial charge in [0.1, 0.15) is 0 Å².